The molecule has 1 aromatic rings. The van der Waals surface area contributed by atoms with Crippen LogP contribution in [0.2, 0.25) is 0 Å². The van der Waals surface area contributed by atoms with E-state index in [1.54, 1.807) is 0 Å². The second-order valence-corrected chi connectivity index (χ2v) is 5.48. The van der Waals surface area contributed by atoms with E-state index in [0.29, 0.717) is 6.07 Å². The maximum Gasteiger partial charge on any atom is 0.298 e. The molecule has 0 aliphatic heterocycles. The van der Waals surface area contributed by atoms with Crippen LogP contribution in [0.15, 0.2) is 28.0 Å². The summed E-state index contributed by atoms with van der Waals surface area (Å²) in [6, 6.07) is 2.43. The number of halogens is 1. The number of rotatable bonds is 2. The summed E-state index contributed by atoms with van der Waals surface area (Å²) < 4.78 is 64.9. The Kier molecular flexibility index (Phi) is 2.83. The monoisotopic (exact) mass is 255 g/mol. The van der Waals surface area contributed by atoms with Gasteiger partial charge in [-0.1, -0.05) is 6.07 Å². The van der Waals surface area contributed by atoms with Gasteiger partial charge in [-0.15, -0.1) is 0 Å². The Morgan fingerprint density at radius 3 is 2.07 bits per heavy atom. The standard InChI is InChI=1S/C6H6FNO5S2/c7-4-2-1-3-5(14(8,9)10)6(4)15(11,12)13/h1-3H,(H2,8,9,10)(H,11,12,13). The second-order valence-electron chi connectivity index (χ2n) is 2.59. The van der Waals surface area contributed by atoms with E-state index in [-0.39, 0.29) is 0 Å². The minimum Gasteiger partial charge on any atom is -0.282 e. The summed E-state index contributed by atoms with van der Waals surface area (Å²) in [4.78, 5) is -2.32. The predicted octanol–water partition coefficient (Wildman–Crippen LogP) is -0.280. The molecule has 0 amide bonds. The third-order valence-electron chi connectivity index (χ3n) is 1.50. The van der Waals surface area contributed by atoms with Gasteiger partial charge in [0.2, 0.25) is 10.0 Å². The van der Waals surface area contributed by atoms with Gasteiger partial charge in [0.05, 0.1) is 0 Å². The quantitative estimate of drug-likeness (QED) is 0.705. The number of hydrogen-bond donors (Lipinski definition) is 2. The minimum atomic E-state index is -4.98. The zero-order valence-corrected chi connectivity index (χ0v) is 8.72. The van der Waals surface area contributed by atoms with E-state index in [1.807, 2.05) is 0 Å². The van der Waals surface area contributed by atoms with Crippen LogP contribution in [-0.4, -0.2) is 21.4 Å². The van der Waals surface area contributed by atoms with Gasteiger partial charge >= 0.3 is 0 Å². The van der Waals surface area contributed by atoms with Crippen molar-refractivity contribution in [2.75, 3.05) is 0 Å². The summed E-state index contributed by atoms with van der Waals surface area (Å²) in [6.07, 6.45) is 0. The largest absolute Gasteiger partial charge is 0.298 e. The maximum atomic E-state index is 13.0. The fourth-order valence-corrected chi connectivity index (χ4v) is 2.89. The Hall–Kier alpha value is -1.03. The fourth-order valence-electron chi connectivity index (χ4n) is 0.963. The second kappa shape index (κ2) is 3.52. The first-order valence-electron chi connectivity index (χ1n) is 3.43. The van der Waals surface area contributed by atoms with Crippen molar-refractivity contribution in [2.45, 2.75) is 9.79 Å². The molecule has 0 bridgehead atoms. The Labute approximate surface area is 85.3 Å². The van der Waals surface area contributed by atoms with Crippen LogP contribution >= 0.6 is 0 Å². The van der Waals surface area contributed by atoms with Crippen molar-refractivity contribution in [3.8, 4) is 0 Å². The molecule has 0 radical (unpaired) electrons. The Bertz CT molecular complexity index is 592. The molecular weight excluding hydrogens is 249 g/mol. The first-order valence-corrected chi connectivity index (χ1v) is 6.41. The van der Waals surface area contributed by atoms with Crippen LogP contribution in [0.1, 0.15) is 0 Å². The van der Waals surface area contributed by atoms with E-state index < -0.39 is 35.7 Å². The summed E-state index contributed by atoms with van der Waals surface area (Å²) in [5, 5.41) is 4.65. The van der Waals surface area contributed by atoms with Crippen LogP contribution in [0.5, 0.6) is 0 Å². The molecule has 0 saturated carbocycles. The third-order valence-corrected chi connectivity index (χ3v) is 3.51. The molecule has 6 nitrogen and oxygen atoms in total. The van der Waals surface area contributed by atoms with Crippen molar-refractivity contribution >= 4 is 20.1 Å². The first-order chi connectivity index (χ1) is 6.64. The van der Waals surface area contributed by atoms with E-state index in [1.165, 1.54) is 0 Å². The van der Waals surface area contributed by atoms with E-state index >= 15 is 0 Å². The Morgan fingerprint density at radius 2 is 1.73 bits per heavy atom. The molecule has 0 aliphatic carbocycles. The SMILES string of the molecule is NS(=O)(=O)c1cccc(F)c1S(=O)(=O)O. The van der Waals surface area contributed by atoms with Gasteiger partial charge in [-0.2, -0.15) is 8.42 Å². The third kappa shape index (κ3) is 2.50. The van der Waals surface area contributed by atoms with Gasteiger partial charge in [-0.25, -0.2) is 17.9 Å². The Morgan fingerprint density at radius 1 is 1.20 bits per heavy atom. The zero-order valence-electron chi connectivity index (χ0n) is 7.08. The molecule has 3 N–H and O–H groups in total. The van der Waals surface area contributed by atoms with E-state index in [0.717, 1.165) is 12.1 Å². The molecule has 0 aromatic heterocycles. The molecule has 0 heterocycles. The van der Waals surface area contributed by atoms with Gasteiger partial charge in [0.15, 0.2) is 0 Å². The van der Waals surface area contributed by atoms with E-state index in [9.17, 15) is 21.2 Å². The van der Waals surface area contributed by atoms with E-state index in [4.69, 9.17) is 4.55 Å². The minimum absolute atomic E-state index is 0.692. The highest BCUT2D eigenvalue weighted by atomic mass is 32.2. The zero-order chi connectivity index (χ0) is 11.9. The lowest BCUT2D eigenvalue weighted by Crippen LogP contribution is -2.17. The molecule has 84 valence electrons. The molecule has 0 aliphatic rings. The van der Waals surface area contributed by atoms with Gasteiger partial charge in [0.1, 0.15) is 15.6 Å². The summed E-state index contributed by atoms with van der Waals surface area (Å²) in [5.41, 5.74) is 0. The van der Waals surface area contributed by atoms with Crippen LogP contribution < -0.4 is 5.14 Å². The highest BCUT2D eigenvalue weighted by Crippen LogP contribution is 2.22. The average Bonchev–Trinajstić information content (AvgIpc) is 1.99. The maximum absolute atomic E-state index is 13.0. The molecular formula is C6H6FNO5S2. The van der Waals surface area contributed by atoms with Crippen LogP contribution in [0.25, 0.3) is 0 Å². The van der Waals surface area contributed by atoms with Crippen molar-refractivity contribution in [1.29, 1.82) is 0 Å². The van der Waals surface area contributed by atoms with Crippen LogP contribution in [0, 0.1) is 5.82 Å². The molecule has 0 spiro atoms. The molecule has 1 rings (SSSR count). The lowest BCUT2D eigenvalue weighted by atomic mass is 10.3. The van der Waals surface area contributed by atoms with Gasteiger partial charge in [0, 0.05) is 0 Å². The van der Waals surface area contributed by atoms with Gasteiger partial charge in [0.25, 0.3) is 10.1 Å². The van der Waals surface area contributed by atoms with Crippen LogP contribution in [0.4, 0.5) is 4.39 Å². The van der Waals surface area contributed by atoms with Crippen molar-refractivity contribution in [3.63, 3.8) is 0 Å². The van der Waals surface area contributed by atoms with Gasteiger partial charge < -0.3 is 0 Å². The first kappa shape index (κ1) is 12.0. The van der Waals surface area contributed by atoms with Crippen molar-refractivity contribution in [3.05, 3.63) is 24.0 Å². The number of primary sulfonamides is 1. The molecule has 0 fully saturated rings. The smallest absolute Gasteiger partial charge is 0.282 e. The lowest BCUT2D eigenvalue weighted by Gasteiger charge is -2.05. The highest BCUT2D eigenvalue weighted by Gasteiger charge is 2.26. The Balaban J connectivity index is 3.79. The van der Waals surface area contributed by atoms with Gasteiger partial charge in [-0.05, 0) is 12.1 Å². The topological polar surface area (TPSA) is 115 Å². The summed E-state index contributed by atoms with van der Waals surface area (Å²) in [5.74, 6) is -1.39. The average molecular weight is 255 g/mol. The number of benzene rings is 1. The summed E-state index contributed by atoms with van der Waals surface area (Å²) in [6.45, 7) is 0. The van der Waals surface area contributed by atoms with Crippen molar-refractivity contribution in [1.82, 2.24) is 0 Å². The number of hydrogen-bond acceptors (Lipinski definition) is 4. The van der Waals surface area contributed by atoms with Crippen LogP contribution in [-0.2, 0) is 20.1 Å². The number of sulfonamides is 1. The molecule has 15 heavy (non-hydrogen) atoms. The molecule has 9 heteroatoms. The normalized spacial score (nSPS) is 12.7. The lowest BCUT2D eigenvalue weighted by molar-refractivity contribution is 0.467. The molecule has 1 aromatic carbocycles. The molecule has 0 unspecified atom stereocenters. The fraction of sp³-hybridized carbons (Fsp3) is 0. The summed E-state index contributed by atoms with van der Waals surface area (Å²) in [7, 11) is -9.40. The highest BCUT2D eigenvalue weighted by molar-refractivity contribution is 7.91. The van der Waals surface area contributed by atoms with Gasteiger partial charge in [-0.3, -0.25) is 4.55 Å². The summed E-state index contributed by atoms with van der Waals surface area (Å²) >= 11 is 0. The van der Waals surface area contributed by atoms with Crippen molar-refractivity contribution in [2.24, 2.45) is 5.14 Å². The number of nitrogens with two attached hydrogens (primary N) is 1. The van der Waals surface area contributed by atoms with Crippen molar-refractivity contribution < 1.29 is 25.8 Å². The van der Waals surface area contributed by atoms with E-state index in [2.05, 4.69) is 5.14 Å². The molecule has 0 atom stereocenters. The molecule has 0 saturated heterocycles. The van der Waals surface area contributed by atoms with Crippen LogP contribution in [0.3, 0.4) is 0 Å². The predicted molar refractivity (Wildman–Crippen MR) is 47.6 cm³/mol.